The van der Waals surface area contributed by atoms with E-state index < -0.39 is 11.5 Å². The molecule has 150 valence electrons. The lowest BCUT2D eigenvalue weighted by molar-refractivity contribution is -0.122. The highest BCUT2D eigenvalue weighted by atomic mass is 16.2. The molecule has 1 aliphatic rings. The minimum absolute atomic E-state index is 0.0475. The molecule has 8 nitrogen and oxygen atoms in total. The van der Waals surface area contributed by atoms with E-state index in [1.807, 2.05) is 31.2 Å². The van der Waals surface area contributed by atoms with Gasteiger partial charge < -0.3 is 20.2 Å². The van der Waals surface area contributed by atoms with Crippen LogP contribution in [0.5, 0.6) is 0 Å². The molecule has 2 amide bonds. The Labute approximate surface area is 167 Å². The summed E-state index contributed by atoms with van der Waals surface area (Å²) in [5.41, 5.74) is 1.29. The van der Waals surface area contributed by atoms with E-state index in [2.05, 4.69) is 20.6 Å². The molecule has 3 N–H and O–H groups in total. The van der Waals surface area contributed by atoms with E-state index in [4.69, 9.17) is 0 Å². The number of fused-ring (bicyclic) bond motifs is 1. The van der Waals surface area contributed by atoms with Gasteiger partial charge >= 0.3 is 0 Å². The molecule has 1 atom stereocenters. The van der Waals surface area contributed by atoms with Crippen molar-refractivity contribution in [1.29, 1.82) is 0 Å². The summed E-state index contributed by atoms with van der Waals surface area (Å²) in [4.78, 5) is 44.9. The van der Waals surface area contributed by atoms with E-state index in [1.54, 1.807) is 6.07 Å². The molecule has 2 heterocycles. The molecule has 3 aromatic rings. The van der Waals surface area contributed by atoms with Gasteiger partial charge in [-0.05, 0) is 49.9 Å². The van der Waals surface area contributed by atoms with Gasteiger partial charge in [0, 0.05) is 12.7 Å². The number of nitrogens with one attached hydrogen (secondary N) is 3. The summed E-state index contributed by atoms with van der Waals surface area (Å²) < 4.78 is 1.24. The van der Waals surface area contributed by atoms with E-state index in [-0.39, 0.29) is 24.1 Å². The molecule has 8 heteroatoms. The Bertz CT molecular complexity index is 1080. The first-order chi connectivity index (χ1) is 14.0. The summed E-state index contributed by atoms with van der Waals surface area (Å²) in [7, 11) is 0. The fourth-order valence-corrected chi connectivity index (χ4v) is 3.18. The van der Waals surface area contributed by atoms with E-state index in [0.717, 1.165) is 23.9 Å². The molecule has 1 saturated carbocycles. The lowest BCUT2D eigenvalue weighted by atomic mass is 10.2. The number of H-pyrrole nitrogens is 1. The standard InChI is InChI=1S/C21H23N5O3/c1-13(19-24-16-6-2-3-7-17(16)25-19)23-18(27)12-26-10-4-5-15(21(26)29)20(28)22-11-14-8-9-14/h2-7,10,13-14H,8-9,11-12H2,1H3,(H,22,28)(H,23,27)(H,24,25)/t13-/m1/s1. The quantitative estimate of drug-likeness (QED) is 0.568. The number of aromatic nitrogens is 3. The Morgan fingerprint density at radius 3 is 2.79 bits per heavy atom. The minimum Gasteiger partial charge on any atom is -0.352 e. The third kappa shape index (κ3) is 4.37. The van der Waals surface area contributed by atoms with Crippen LogP contribution in [0.3, 0.4) is 0 Å². The van der Waals surface area contributed by atoms with Crippen molar-refractivity contribution in [2.75, 3.05) is 6.54 Å². The summed E-state index contributed by atoms with van der Waals surface area (Å²) in [6, 6.07) is 10.3. The van der Waals surface area contributed by atoms with Gasteiger partial charge in [0.05, 0.1) is 17.1 Å². The highest BCUT2D eigenvalue weighted by molar-refractivity contribution is 5.93. The number of amides is 2. The second-order valence-corrected chi connectivity index (χ2v) is 7.44. The highest BCUT2D eigenvalue weighted by Crippen LogP contribution is 2.27. The Morgan fingerprint density at radius 1 is 1.24 bits per heavy atom. The number of imidazole rings is 1. The number of hydrogen-bond donors (Lipinski definition) is 3. The number of carbonyl (C=O) groups is 2. The fraction of sp³-hybridized carbons (Fsp3) is 0.333. The van der Waals surface area contributed by atoms with Crippen LogP contribution in [-0.2, 0) is 11.3 Å². The molecule has 0 saturated heterocycles. The van der Waals surface area contributed by atoms with E-state index in [9.17, 15) is 14.4 Å². The molecule has 4 rings (SSSR count). The first-order valence-corrected chi connectivity index (χ1v) is 9.73. The third-order valence-corrected chi connectivity index (χ3v) is 5.02. The van der Waals surface area contributed by atoms with Crippen molar-refractivity contribution in [3.8, 4) is 0 Å². The molecule has 0 radical (unpaired) electrons. The van der Waals surface area contributed by atoms with Crippen molar-refractivity contribution in [1.82, 2.24) is 25.2 Å². The summed E-state index contributed by atoms with van der Waals surface area (Å²) in [5, 5.41) is 5.62. The molecule has 29 heavy (non-hydrogen) atoms. The molecule has 1 aromatic carbocycles. The van der Waals surface area contributed by atoms with E-state index >= 15 is 0 Å². The van der Waals surface area contributed by atoms with Gasteiger partial charge in [-0.25, -0.2) is 4.98 Å². The molecule has 0 bridgehead atoms. The van der Waals surface area contributed by atoms with Crippen LogP contribution < -0.4 is 16.2 Å². The van der Waals surface area contributed by atoms with Crippen LogP contribution in [-0.4, -0.2) is 32.9 Å². The molecule has 1 aliphatic carbocycles. The van der Waals surface area contributed by atoms with Crippen LogP contribution >= 0.6 is 0 Å². The topological polar surface area (TPSA) is 109 Å². The Hall–Kier alpha value is -3.42. The number of aromatic amines is 1. The summed E-state index contributed by atoms with van der Waals surface area (Å²) in [6.07, 6.45) is 3.73. The van der Waals surface area contributed by atoms with Crippen molar-refractivity contribution in [2.24, 2.45) is 5.92 Å². The largest absolute Gasteiger partial charge is 0.352 e. The van der Waals surface area contributed by atoms with Crippen LogP contribution in [0.2, 0.25) is 0 Å². The van der Waals surface area contributed by atoms with Crippen molar-refractivity contribution in [3.63, 3.8) is 0 Å². The van der Waals surface area contributed by atoms with Crippen molar-refractivity contribution >= 4 is 22.8 Å². The zero-order valence-electron chi connectivity index (χ0n) is 16.1. The predicted molar refractivity (Wildman–Crippen MR) is 108 cm³/mol. The monoisotopic (exact) mass is 393 g/mol. The summed E-state index contributed by atoms with van der Waals surface area (Å²) in [5.74, 6) is 0.429. The maximum atomic E-state index is 12.6. The van der Waals surface area contributed by atoms with Crippen LogP contribution in [0.1, 0.15) is 42.0 Å². The number of rotatable bonds is 7. The van der Waals surface area contributed by atoms with Crippen LogP contribution in [0, 0.1) is 5.92 Å². The molecule has 2 aromatic heterocycles. The Balaban J connectivity index is 1.41. The van der Waals surface area contributed by atoms with Gasteiger partial charge in [0.2, 0.25) is 5.91 Å². The zero-order valence-corrected chi connectivity index (χ0v) is 16.1. The van der Waals surface area contributed by atoms with Gasteiger partial charge in [-0.1, -0.05) is 12.1 Å². The number of pyridine rings is 1. The fourth-order valence-electron chi connectivity index (χ4n) is 3.18. The average molecular weight is 393 g/mol. The van der Waals surface area contributed by atoms with Crippen molar-refractivity contribution in [2.45, 2.75) is 32.4 Å². The maximum absolute atomic E-state index is 12.6. The van der Waals surface area contributed by atoms with Crippen molar-refractivity contribution < 1.29 is 9.59 Å². The second kappa shape index (κ2) is 7.90. The Kier molecular flexibility index (Phi) is 5.16. The van der Waals surface area contributed by atoms with Gasteiger partial charge in [-0.15, -0.1) is 0 Å². The number of benzene rings is 1. The molecular weight excluding hydrogens is 370 g/mol. The Morgan fingerprint density at radius 2 is 2.03 bits per heavy atom. The van der Waals surface area contributed by atoms with Gasteiger partial charge in [0.1, 0.15) is 17.9 Å². The first-order valence-electron chi connectivity index (χ1n) is 9.73. The van der Waals surface area contributed by atoms with Crippen LogP contribution in [0.25, 0.3) is 11.0 Å². The third-order valence-electron chi connectivity index (χ3n) is 5.02. The lowest BCUT2D eigenvalue weighted by Crippen LogP contribution is -2.37. The second-order valence-electron chi connectivity index (χ2n) is 7.44. The maximum Gasteiger partial charge on any atom is 0.263 e. The zero-order chi connectivity index (χ0) is 20.4. The lowest BCUT2D eigenvalue weighted by Gasteiger charge is -2.13. The number of carbonyl (C=O) groups excluding carboxylic acids is 2. The average Bonchev–Trinajstić information content (AvgIpc) is 3.43. The first kappa shape index (κ1) is 18.9. The van der Waals surface area contributed by atoms with Crippen LogP contribution in [0.15, 0.2) is 47.4 Å². The summed E-state index contributed by atoms with van der Waals surface area (Å²) >= 11 is 0. The smallest absolute Gasteiger partial charge is 0.263 e. The molecule has 0 spiro atoms. The highest BCUT2D eigenvalue weighted by Gasteiger charge is 2.23. The van der Waals surface area contributed by atoms with Crippen molar-refractivity contribution in [3.05, 3.63) is 64.3 Å². The van der Waals surface area contributed by atoms with Crippen LogP contribution in [0.4, 0.5) is 0 Å². The SMILES string of the molecule is C[C@@H](NC(=O)Cn1cccc(C(=O)NCC2CC2)c1=O)c1nc2ccccc2[nH]1. The minimum atomic E-state index is -0.479. The van der Waals surface area contributed by atoms with E-state index in [0.29, 0.717) is 18.3 Å². The normalized spacial score (nSPS) is 14.5. The number of para-hydroxylation sites is 2. The van der Waals surface area contributed by atoms with Gasteiger partial charge in [-0.2, -0.15) is 0 Å². The molecule has 0 aliphatic heterocycles. The number of nitrogens with zero attached hydrogens (tertiary/aromatic N) is 2. The summed E-state index contributed by atoms with van der Waals surface area (Å²) in [6.45, 7) is 2.23. The predicted octanol–water partition coefficient (Wildman–Crippen LogP) is 1.74. The number of hydrogen-bond acceptors (Lipinski definition) is 4. The van der Waals surface area contributed by atoms with Gasteiger partial charge in [-0.3, -0.25) is 14.4 Å². The van der Waals surface area contributed by atoms with Gasteiger partial charge in [0.25, 0.3) is 11.5 Å². The molecule has 1 fully saturated rings. The molecule has 0 unspecified atom stereocenters. The van der Waals surface area contributed by atoms with Gasteiger partial charge in [0.15, 0.2) is 0 Å². The molecular formula is C21H23N5O3. The van der Waals surface area contributed by atoms with E-state index in [1.165, 1.54) is 16.8 Å².